The summed E-state index contributed by atoms with van der Waals surface area (Å²) in [4.78, 5) is 14.4. The van der Waals surface area contributed by atoms with Gasteiger partial charge < -0.3 is 15.0 Å². The molecule has 4 nitrogen and oxygen atoms in total. The van der Waals surface area contributed by atoms with Gasteiger partial charge in [0.05, 0.1) is 6.61 Å². The standard InChI is InChI=1S/C21H25ClN2O2/c22-18-7-11-20(12-8-18)26-15-3-4-21(25)23-16-17-5-9-19(10-6-17)24-13-1-2-14-24/h5-12H,1-4,13-16H2,(H,23,25). The molecular weight excluding hydrogens is 348 g/mol. The number of carbonyl (C=O) groups excluding carboxylic acids is 1. The molecular formula is C21H25ClN2O2. The van der Waals surface area contributed by atoms with Crippen molar-refractivity contribution in [3.05, 3.63) is 59.1 Å². The predicted molar refractivity (Wildman–Crippen MR) is 106 cm³/mol. The van der Waals surface area contributed by atoms with Crippen LogP contribution in [0.2, 0.25) is 5.02 Å². The van der Waals surface area contributed by atoms with Gasteiger partial charge in [0.15, 0.2) is 0 Å². The Balaban J connectivity index is 1.32. The lowest BCUT2D eigenvalue weighted by Crippen LogP contribution is -2.23. The minimum Gasteiger partial charge on any atom is -0.494 e. The lowest BCUT2D eigenvalue weighted by molar-refractivity contribution is -0.121. The average Bonchev–Trinajstić information content (AvgIpc) is 3.20. The Morgan fingerprint density at radius 3 is 2.42 bits per heavy atom. The van der Waals surface area contributed by atoms with E-state index in [1.165, 1.54) is 18.5 Å². The third-order valence-corrected chi connectivity index (χ3v) is 4.78. The monoisotopic (exact) mass is 372 g/mol. The van der Waals surface area contributed by atoms with E-state index in [4.69, 9.17) is 16.3 Å². The van der Waals surface area contributed by atoms with E-state index in [1.54, 1.807) is 12.1 Å². The highest BCUT2D eigenvalue weighted by atomic mass is 35.5. The number of hydrogen-bond acceptors (Lipinski definition) is 3. The molecule has 1 saturated heterocycles. The molecule has 2 aromatic carbocycles. The van der Waals surface area contributed by atoms with Crippen molar-refractivity contribution in [2.75, 3.05) is 24.6 Å². The number of anilines is 1. The fourth-order valence-corrected chi connectivity index (χ4v) is 3.17. The van der Waals surface area contributed by atoms with Crippen LogP contribution < -0.4 is 15.0 Å². The van der Waals surface area contributed by atoms with Crippen LogP contribution in [0.3, 0.4) is 0 Å². The van der Waals surface area contributed by atoms with E-state index < -0.39 is 0 Å². The number of carbonyl (C=O) groups is 1. The molecule has 1 heterocycles. The smallest absolute Gasteiger partial charge is 0.220 e. The van der Waals surface area contributed by atoms with E-state index in [1.807, 2.05) is 12.1 Å². The number of ether oxygens (including phenoxy) is 1. The molecule has 0 aliphatic carbocycles. The van der Waals surface area contributed by atoms with Gasteiger partial charge in [-0.1, -0.05) is 23.7 Å². The number of rotatable bonds is 8. The first-order valence-corrected chi connectivity index (χ1v) is 9.57. The summed E-state index contributed by atoms with van der Waals surface area (Å²) in [5.74, 6) is 0.821. The fraction of sp³-hybridized carbons (Fsp3) is 0.381. The Labute approximate surface area is 160 Å². The highest BCUT2D eigenvalue weighted by Crippen LogP contribution is 2.20. The van der Waals surface area contributed by atoms with Crippen LogP contribution in [0.25, 0.3) is 0 Å². The quantitative estimate of drug-likeness (QED) is 0.697. The van der Waals surface area contributed by atoms with Crippen molar-refractivity contribution in [2.45, 2.75) is 32.2 Å². The topological polar surface area (TPSA) is 41.6 Å². The van der Waals surface area contributed by atoms with E-state index in [0.717, 1.165) is 24.4 Å². The molecule has 26 heavy (non-hydrogen) atoms. The molecule has 0 atom stereocenters. The van der Waals surface area contributed by atoms with E-state index in [0.29, 0.717) is 31.0 Å². The van der Waals surface area contributed by atoms with Crippen molar-refractivity contribution in [2.24, 2.45) is 0 Å². The van der Waals surface area contributed by atoms with Gasteiger partial charge in [-0.15, -0.1) is 0 Å². The van der Waals surface area contributed by atoms with E-state index in [-0.39, 0.29) is 5.91 Å². The Morgan fingerprint density at radius 2 is 1.73 bits per heavy atom. The van der Waals surface area contributed by atoms with Gasteiger partial charge in [-0.05, 0) is 61.2 Å². The second-order valence-electron chi connectivity index (χ2n) is 6.54. The van der Waals surface area contributed by atoms with Crippen molar-refractivity contribution in [3.63, 3.8) is 0 Å². The Morgan fingerprint density at radius 1 is 1.04 bits per heavy atom. The van der Waals surface area contributed by atoms with Gasteiger partial charge >= 0.3 is 0 Å². The summed E-state index contributed by atoms with van der Waals surface area (Å²) >= 11 is 5.83. The van der Waals surface area contributed by atoms with Gasteiger partial charge in [0.2, 0.25) is 5.91 Å². The van der Waals surface area contributed by atoms with Crippen LogP contribution in [0.4, 0.5) is 5.69 Å². The molecule has 1 fully saturated rings. The first-order chi connectivity index (χ1) is 12.7. The van der Waals surface area contributed by atoms with Crippen LogP contribution in [0.5, 0.6) is 5.75 Å². The molecule has 0 spiro atoms. The van der Waals surface area contributed by atoms with Crippen molar-refractivity contribution >= 4 is 23.2 Å². The molecule has 1 aliphatic heterocycles. The number of halogens is 1. The molecule has 1 amide bonds. The predicted octanol–water partition coefficient (Wildman–Crippen LogP) is 4.42. The van der Waals surface area contributed by atoms with Crippen molar-refractivity contribution in [1.82, 2.24) is 5.32 Å². The maximum atomic E-state index is 12.0. The Kier molecular flexibility index (Phi) is 6.78. The van der Waals surface area contributed by atoms with Crippen LogP contribution in [-0.2, 0) is 11.3 Å². The highest BCUT2D eigenvalue weighted by molar-refractivity contribution is 6.30. The summed E-state index contributed by atoms with van der Waals surface area (Å²) in [6.07, 6.45) is 3.70. The zero-order valence-electron chi connectivity index (χ0n) is 14.9. The molecule has 0 unspecified atom stereocenters. The molecule has 5 heteroatoms. The molecule has 0 aromatic heterocycles. The molecule has 0 saturated carbocycles. The maximum Gasteiger partial charge on any atom is 0.220 e. The summed E-state index contributed by atoms with van der Waals surface area (Å²) in [5, 5.41) is 3.65. The van der Waals surface area contributed by atoms with Crippen LogP contribution in [0.15, 0.2) is 48.5 Å². The average molecular weight is 373 g/mol. The minimum absolute atomic E-state index is 0.0494. The van der Waals surface area contributed by atoms with Gasteiger partial charge in [0, 0.05) is 36.8 Å². The van der Waals surface area contributed by atoms with Crippen LogP contribution >= 0.6 is 11.6 Å². The number of hydrogen-bond donors (Lipinski definition) is 1. The molecule has 0 radical (unpaired) electrons. The summed E-state index contributed by atoms with van der Waals surface area (Å²) in [6.45, 7) is 3.37. The van der Waals surface area contributed by atoms with Crippen LogP contribution in [-0.4, -0.2) is 25.6 Å². The second-order valence-corrected chi connectivity index (χ2v) is 6.98. The molecule has 3 rings (SSSR count). The second kappa shape index (κ2) is 9.48. The summed E-state index contributed by atoms with van der Waals surface area (Å²) in [5.41, 5.74) is 2.40. The lowest BCUT2D eigenvalue weighted by Gasteiger charge is -2.17. The van der Waals surface area contributed by atoms with Crippen molar-refractivity contribution in [3.8, 4) is 5.75 Å². The normalized spacial score (nSPS) is 13.7. The molecule has 0 bridgehead atoms. The summed E-state index contributed by atoms with van der Waals surface area (Å²) in [6, 6.07) is 15.7. The van der Waals surface area contributed by atoms with Gasteiger partial charge in [-0.25, -0.2) is 0 Å². The van der Waals surface area contributed by atoms with E-state index in [9.17, 15) is 4.79 Å². The van der Waals surface area contributed by atoms with Gasteiger partial charge in [0.1, 0.15) is 5.75 Å². The Bertz CT molecular complexity index is 695. The maximum absolute atomic E-state index is 12.0. The highest BCUT2D eigenvalue weighted by Gasteiger charge is 2.11. The first kappa shape index (κ1) is 18.6. The van der Waals surface area contributed by atoms with Crippen LogP contribution in [0, 0.1) is 0 Å². The SMILES string of the molecule is O=C(CCCOc1ccc(Cl)cc1)NCc1ccc(N2CCCC2)cc1. The third-order valence-electron chi connectivity index (χ3n) is 4.53. The Hall–Kier alpha value is -2.20. The van der Waals surface area contributed by atoms with Crippen molar-refractivity contribution in [1.29, 1.82) is 0 Å². The van der Waals surface area contributed by atoms with Gasteiger partial charge in [-0.2, -0.15) is 0 Å². The minimum atomic E-state index is 0.0494. The number of nitrogens with one attached hydrogen (secondary N) is 1. The largest absolute Gasteiger partial charge is 0.494 e. The van der Waals surface area contributed by atoms with Gasteiger partial charge in [-0.3, -0.25) is 4.79 Å². The van der Waals surface area contributed by atoms with Gasteiger partial charge in [0.25, 0.3) is 0 Å². The fourth-order valence-electron chi connectivity index (χ4n) is 3.04. The first-order valence-electron chi connectivity index (χ1n) is 9.20. The van der Waals surface area contributed by atoms with E-state index >= 15 is 0 Å². The summed E-state index contributed by atoms with van der Waals surface area (Å²) in [7, 11) is 0. The lowest BCUT2D eigenvalue weighted by atomic mass is 10.2. The molecule has 1 aliphatic rings. The molecule has 138 valence electrons. The third kappa shape index (κ3) is 5.67. The number of amides is 1. The van der Waals surface area contributed by atoms with Crippen molar-refractivity contribution < 1.29 is 9.53 Å². The van der Waals surface area contributed by atoms with E-state index in [2.05, 4.69) is 34.5 Å². The summed E-state index contributed by atoms with van der Waals surface area (Å²) < 4.78 is 5.59. The molecule has 2 aromatic rings. The molecule has 1 N–H and O–H groups in total. The zero-order chi connectivity index (χ0) is 18.2. The zero-order valence-corrected chi connectivity index (χ0v) is 15.7. The number of nitrogens with zero attached hydrogens (tertiary/aromatic N) is 1. The number of benzene rings is 2. The van der Waals surface area contributed by atoms with Crippen LogP contribution in [0.1, 0.15) is 31.2 Å².